The molecule has 1 aliphatic heterocycles. The molecule has 0 bridgehead atoms. The molecule has 0 atom stereocenters. The highest BCUT2D eigenvalue weighted by Gasteiger charge is 2.32. The minimum atomic E-state index is -0.554. The van der Waals surface area contributed by atoms with Crippen molar-refractivity contribution in [3.05, 3.63) is 0 Å². The third-order valence-corrected chi connectivity index (χ3v) is 3.54. The van der Waals surface area contributed by atoms with Gasteiger partial charge in [-0.05, 0) is 19.0 Å². The summed E-state index contributed by atoms with van der Waals surface area (Å²) >= 11 is 0. The Bertz CT molecular complexity index is 238. The summed E-state index contributed by atoms with van der Waals surface area (Å²) in [5.74, 6) is 0. The smallest absolute Gasteiger partial charge is 0.0817 e. The van der Waals surface area contributed by atoms with Crippen molar-refractivity contribution in [3.8, 4) is 0 Å². The summed E-state index contributed by atoms with van der Waals surface area (Å²) in [6, 6.07) is 0. The highest BCUT2D eigenvalue weighted by atomic mass is 16.5. The summed E-state index contributed by atoms with van der Waals surface area (Å²) in [5.41, 5.74) is -0.326. The Morgan fingerprint density at radius 3 is 2.50 bits per heavy atom. The van der Waals surface area contributed by atoms with Crippen molar-refractivity contribution in [1.29, 1.82) is 0 Å². The fraction of sp³-hybridized carbons (Fsp3) is 1.00. The predicted molar refractivity (Wildman–Crippen MR) is 74.8 cm³/mol. The highest BCUT2D eigenvalue weighted by Crippen LogP contribution is 2.23. The van der Waals surface area contributed by atoms with Crippen molar-refractivity contribution in [2.45, 2.75) is 39.2 Å². The Hall–Kier alpha value is -0.160. The van der Waals surface area contributed by atoms with Gasteiger partial charge in [0.05, 0.1) is 5.60 Å². The first kappa shape index (κ1) is 15.9. The zero-order valence-corrected chi connectivity index (χ0v) is 12.5. The lowest BCUT2D eigenvalue weighted by molar-refractivity contribution is -0.0795. The zero-order chi connectivity index (χ0) is 13.6. The molecule has 0 aliphatic carbocycles. The van der Waals surface area contributed by atoms with E-state index in [1.807, 2.05) is 0 Å². The minimum absolute atomic E-state index is 0.228. The summed E-state index contributed by atoms with van der Waals surface area (Å²) in [5, 5.41) is 13.9. The molecule has 4 nitrogen and oxygen atoms in total. The fourth-order valence-corrected chi connectivity index (χ4v) is 2.72. The number of aliphatic hydroxyl groups is 1. The van der Waals surface area contributed by atoms with Crippen LogP contribution >= 0.6 is 0 Å². The molecule has 0 unspecified atom stereocenters. The fourth-order valence-electron chi connectivity index (χ4n) is 2.72. The molecule has 0 aromatic heterocycles. The van der Waals surface area contributed by atoms with Crippen LogP contribution in [0.1, 0.15) is 33.6 Å². The van der Waals surface area contributed by atoms with Crippen molar-refractivity contribution in [2.24, 2.45) is 5.41 Å². The van der Waals surface area contributed by atoms with Gasteiger partial charge in [-0.1, -0.05) is 20.8 Å². The van der Waals surface area contributed by atoms with Gasteiger partial charge >= 0.3 is 0 Å². The van der Waals surface area contributed by atoms with E-state index < -0.39 is 5.60 Å². The average Bonchev–Trinajstić information content (AvgIpc) is 2.25. The summed E-state index contributed by atoms with van der Waals surface area (Å²) in [4.78, 5) is 2.25. The van der Waals surface area contributed by atoms with E-state index in [-0.39, 0.29) is 5.41 Å². The van der Waals surface area contributed by atoms with Gasteiger partial charge in [-0.25, -0.2) is 0 Å². The zero-order valence-electron chi connectivity index (χ0n) is 12.5. The van der Waals surface area contributed by atoms with E-state index in [4.69, 9.17) is 4.74 Å². The van der Waals surface area contributed by atoms with Gasteiger partial charge < -0.3 is 20.1 Å². The number of nitrogens with one attached hydrogen (secondary N) is 1. The molecule has 1 aliphatic rings. The van der Waals surface area contributed by atoms with Crippen LogP contribution in [-0.2, 0) is 4.74 Å². The standard InChI is InChI=1S/C14H30N2O2/c1-5-15-10-13(2,3)11-16(4)12-14(17)6-8-18-9-7-14/h15,17H,5-12H2,1-4H3. The monoisotopic (exact) mass is 258 g/mol. The molecule has 1 saturated heterocycles. The van der Waals surface area contributed by atoms with Crippen LogP contribution in [0.2, 0.25) is 0 Å². The van der Waals surface area contributed by atoms with E-state index in [1.54, 1.807) is 0 Å². The SMILES string of the molecule is CCNCC(C)(C)CN(C)CC1(O)CCOCC1. The summed E-state index contributed by atoms with van der Waals surface area (Å²) in [6.07, 6.45) is 1.51. The third kappa shape index (κ3) is 5.65. The minimum Gasteiger partial charge on any atom is -0.388 e. The van der Waals surface area contributed by atoms with E-state index in [1.165, 1.54) is 0 Å². The maximum atomic E-state index is 10.5. The first-order valence-electron chi connectivity index (χ1n) is 7.06. The molecule has 1 fully saturated rings. The molecule has 0 spiro atoms. The lowest BCUT2D eigenvalue weighted by Crippen LogP contribution is -2.48. The lowest BCUT2D eigenvalue weighted by atomic mass is 9.90. The Morgan fingerprint density at radius 2 is 1.94 bits per heavy atom. The molecular formula is C14H30N2O2. The van der Waals surface area contributed by atoms with Gasteiger partial charge in [0.15, 0.2) is 0 Å². The highest BCUT2D eigenvalue weighted by molar-refractivity contribution is 4.85. The van der Waals surface area contributed by atoms with Gasteiger partial charge in [0, 0.05) is 45.7 Å². The summed E-state index contributed by atoms with van der Waals surface area (Å²) in [6.45, 7) is 11.8. The van der Waals surface area contributed by atoms with Crippen LogP contribution in [0.5, 0.6) is 0 Å². The molecule has 0 radical (unpaired) electrons. The first-order valence-corrected chi connectivity index (χ1v) is 7.06. The molecule has 18 heavy (non-hydrogen) atoms. The van der Waals surface area contributed by atoms with E-state index in [9.17, 15) is 5.11 Å². The van der Waals surface area contributed by atoms with Gasteiger partial charge in [0.25, 0.3) is 0 Å². The second kappa shape index (κ2) is 6.85. The molecule has 2 N–H and O–H groups in total. The van der Waals surface area contributed by atoms with Crippen LogP contribution < -0.4 is 5.32 Å². The van der Waals surface area contributed by atoms with E-state index >= 15 is 0 Å². The molecule has 1 heterocycles. The van der Waals surface area contributed by atoms with Crippen LogP contribution in [0, 0.1) is 5.41 Å². The molecule has 108 valence electrons. The van der Waals surface area contributed by atoms with Gasteiger partial charge in [0.2, 0.25) is 0 Å². The van der Waals surface area contributed by atoms with E-state index in [0.717, 1.165) is 39.0 Å². The number of hydrogen-bond donors (Lipinski definition) is 2. The van der Waals surface area contributed by atoms with Gasteiger partial charge in [-0.3, -0.25) is 0 Å². The number of ether oxygens (including phenoxy) is 1. The topological polar surface area (TPSA) is 44.7 Å². The maximum absolute atomic E-state index is 10.5. The van der Waals surface area contributed by atoms with Crippen molar-refractivity contribution < 1.29 is 9.84 Å². The summed E-state index contributed by atoms with van der Waals surface area (Å²) < 4.78 is 5.31. The van der Waals surface area contributed by atoms with Gasteiger partial charge in [-0.2, -0.15) is 0 Å². The molecule has 4 heteroatoms. The molecule has 0 saturated carbocycles. The lowest BCUT2D eigenvalue weighted by Gasteiger charge is -2.38. The Morgan fingerprint density at radius 1 is 1.33 bits per heavy atom. The predicted octanol–water partition coefficient (Wildman–Crippen LogP) is 1.10. The van der Waals surface area contributed by atoms with Crippen molar-refractivity contribution >= 4 is 0 Å². The Labute approximate surface area is 112 Å². The Kier molecular flexibility index (Phi) is 6.05. The molecule has 1 rings (SSSR count). The maximum Gasteiger partial charge on any atom is 0.0817 e. The molecule has 0 aromatic rings. The molecular weight excluding hydrogens is 228 g/mol. The second-order valence-electron chi connectivity index (χ2n) is 6.45. The van der Waals surface area contributed by atoms with Gasteiger partial charge in [0.1, 0.15) is 0 Å². The number of likely N-dealkylation sites (N-methyl/N-ethyl adjacent to an activating group) is 1. The third-order valence-electron chi connectivity index (χ3n) is 3.54. The summed E-state index contributed by atoms with van der Waals surface area (Å²) in [7, 11) is 2.10. The normalized spacial score (nSPS) is 20.3. The Balaban J connectivity index is 2.37. The van der Waals surface area contributed by atoms with Crippen LogP contribution in [-0.4, -0.2) is 62.0 Å². The van der Waals surface area contributed by atoms with E-state index in [0.29, 0.717) is 13.2 Å². The molecule has 0 amide bonds. The largest absolute Gasteiger partial charge is 0.388 e. The van der Waals surface area contributed by atoms with Crippen LogP contribution in [0.4, 0.5) is 0 Å². The average molecular weight is 258 g/mol. The van der Waals surface area contributed by atoms with Gasteiger partial charge in [-0.15, -0.1) is 0 Å². The number of hydrogen-bond acceptors (Lipinski definition) is 4. The quantitative estimate of drug-likeness (QED) is 0.718. The van der Waals surface area contributed by atoms with E-state index in [2.05, 4.69) is 38.0 Å². The van der Waals surface area contributed by atoms with Crippen molar-refractivity contribution in [1.82, 2.24) is 10.2 Å². The van der Waals surface area contributed by atoms with Crippen LogP contribution in [0.25, 0.3) is 0 Å². The number of rotatable bonds is 7. The molecule has 0 aromatic carbocycles. The van der Waals surface area contributed by atoms with Crippen LogP contribution in [0.3, 0.4) is 0 Å². The van der Waals surface area contributed by atoms with Crippen LogP contribution in [0.15, 0.2) is 0 Å². The van der Waals surface area contributed by atoms with Crippen molar-refractivity contribution in [2.75, 3.05) is 46.4 Å². The number of nitrogens with zero attached hydrogens (tertiary/aromatic N) is 1. The van der Waals surface area contributed by atoms with Crippen molar-refractivity contribution in [3.63, 3.8) is 0 Å². The first-order chi connectivity index (χ1) is 8.37. The second-order valence-corrected chi connectivity index (χ2v) is 6.45.